The quantitative estimate of drug-likeness (QED) is 0.823. The minimum atomic E-state index is -3.50. The molecule has 1 aliphatic heterocycles. The third kappa shape index (κ3) is 4.11. The Kier molecular flexibility index (Phi) is 5.38. The molecule has 0 atom stereocenters. The molecule has 5 nitrogen and oxygen atoms in total. The van der Waals surface area contributed by atoms with Crippen LogP contribution in [0.3, 0.4) is 0 Å². The number of amides is 1. The molecular formula is C19H21FN2O3S. The van der Waals surface area contributed by atoms with Gasteiger partial charge >= 0.3 is 0 Å². The van der Waals surface area contributed by atoms with Gasteiger partial charge in [0.25, 0.3) is 5.91 Å². The Balaban J connectivity index is 1.63. The van der Waals surface area contributed by atoms with Gasteiger partial charge in [0.2, 0.25) is 10.0 Å². The van der Waals surface area contributed by atoms with Crippen LogP contribution in [-0.4, -0.2) is 49.7 Å². The average molecular weight is 376 g/mol. The highest BCUT2D eigenvalue weighted by Gasteiger charge is 2.29. The maximum atomic E-state index is 13.0. The van der Waals surface area contributed by atoms with Crippen LogP contribution < -0.4 is 0 Å². The Hall–Kier alpha value is -2.25. The summed E-state index contributed by atoms with van der Waals surface area (Å²) in [5.74, 6) is -0.632. The maximum Gasteiger partial charge on any atom is 0.254 e. The number of carbonyl (C=O) groups excluding carboxylic acids is 1. The molecule has 138 valence electrons. The molecule has 0 radical (unpaired) electrons. The first kappa shape index (κ1) is 18.5. The molecule has 7 heteroatoms. The van der Waals surface area contributed by atoms with Gasteiger partial charge < -0.3 is 4.90 Å². The first-order chi connectivity index (χ1) is 12.4. The molecule has 1 saturated heterocycles. The lowest BCUT2D eigenvalue weighted by molar-refractivity contribution is 0.0697. The number of sulfonamides is 1. The molecule has 2 aromatic carbocycles. The molecule has 1 fully saturated rings. The van der Waals surface area contributed by atoms with Crippen molar-refractivity contribution in [3.8, 4) is 0 Å². The fourth-order valence-electron chi connectivity index (χ4n) is 3.04. The maximum absolute atomic E-state index is 13.0. The first-order valence-corrected chi connectivity index (χ1v) is 10.0. The van der Waals surface area contributed by atoms with E-state index in [1.807, 2.05) is 25.1 Å². The zero-order valence-electron chi connectivity index (χ0n) is 14.6. The number of halogens is 1. The number of carbonyl (C=O) groups is 1. The van der Waals surface area contributed by atoms with E-state index in [1.54, 1.807) is 11.0 Å². The largest absolute Gasteiger partial charge is 0.336 e. The molecule has 0 aliphatic carbocycles. The summed E-state index contributed by atoms with van der Waals surface area (Å²) in [7, 11) is -3.50. The summed E-state index contributed by atoms with van der Waals surface area (Å²) < 4.78 is 39.5. The number of benzene rings is 2. The number of hydrogen-bond acceptors (Lipinski definition) is 3. The van der Waals surface area contributed by atoms with E-state index >= 15 is 0 Å². The van der Waals surface area contributed by atoms with Crippen molar-refractivity contribution >= 4 is 15.9 Å². The van der Waals surface area contributed by atoms with E-state index in [0.717, 1.165) is 5.56 Å². The minimum Gasteiger partial charge on any atom is -0.336 e. The van der Waals surface area contributed by atoms with Crippen molar-refractivity contribution in [3.05, 3.63) is 71.0 Å². The highest BCUT2D eigenvalue weighted by Crippen LogP contribution is 2.17. The number of hydrogen-bond donors (Lipinski definition) is 0. The van der Waals surface area contributed by atoms with E-state index in [-0.39, 0.29) is 24.7 Å². The number of rotatable bonds is 4. The fourth-order valence-corrected chi connectivity index (χ4v) is 4.55. The second-order valence-electron chi connectivity index (χ2n) is 6.39. The van der Waals surface area contributed by atoms with Crippen LogP contribution in [0.25, 0.3) is 0 Å². The Bertz CT molecular complexity index is 889. The standard InChI is InChI=1S/C19H21FN2O3S/c1-15-4-2-3-5-18(15)19(23)21-10-12-22(13-11-21)26(24,25)14-16-6-8-17(20)9-7-16/h2-9H,10-14H2,1H3. The second-order valence-corrected chi connectivity index (χ2v) is 8.36. The van der Waals surface area contributed by atoms with Crippen LogP contribution >= 0.6 is 0 Å². The van der Waals surface area contributed by atoms with Crippen molar-refractivity contribution in [1.82, 2.24) is 9.21 Å². The topological polar surface area (TPSA) is 57.7 Å². The van der Waals surface area contributed by atoms with Crippen molar-refractivity contribution in [2.45, 2.75) is 12.7 Å². The summed E-state index contributed by atoms with van der Waals surface area (Å²) >= 11 is 0. The van der Waals surface area contributed by atoms with Crippen molar-refractivity contribution < 1.29 is 17.6 Å². The van der Waals surface area contributed by atoms with Gasteiger partial charge in [0.1, 0.15) is 5.82 Å². The Morgan fingerprint density at radius 3 is 2.23 bits per heavy atom. The predicted octanol–water partition coefficient (Wildman–Crippen LogP) is 2.42. The van der Waals surface area contributed by atoms with Crippen molar-refractivity contribution in [1.29, 1.82) is 0 Å². The molecule has 0 saturated carbocycles. The SMILES string of the molecule is Cc1ccccc1C(=O)N1CCN(S(=O)(=O)Cc2ccc(F)cc2)CC1. The fraction of sp³-hybridized carbons (Fsp3) is 0.316. The van der Waals surface area contributed by atoms with E-state index in [0.29, 0.717) is 24.2 Å². The van der Waals surface area contributed by atoms with Gasteiger partial charge in [-0.05, 0) is 36.2 Å². The van der Waals surface area contributed by atoms with Crippen LogP contribution in [0.1, 0.15) is 21.5 Å². The highest BCUT2D eigenvalue weighted by molar-refractivity contribution is 7.88. The van der Waals surface area contributed by atoms with E-state index in [9.17, 15) is 17.6 Å². The second kappa shape index (κ2) is 7.55. The van der Waals surface area contributed by atoms with Crippen LogP contribution in [0.2, 0.25) is 0 Å². The molecule has 0 aromatic heterocycles. The Morgan fingerprint density at radius 2 is 1.62 bits per heavy atom. The molecule has 1 aliphatic rings. The smallest absolute Gasteiger partial charge is 0.254 e. The number of piperazine rings is 1. The summed E-state index contributed by atoms with van der Waals surface area (Å²) in [5.41, 5.74) is 2.10. The third-order valence-corrected chi connectivity index (χ3v) is 6.41. The van der Waals surface area contributed by atoms with E-state index in [4.69, 9.17) is 0 Å². The summed E-state index contributed by atoms with van der Waals surface area (Å²) in [4.78, 5) is 14.3. The molecule has 0 bridgehead atoms. The van der Waals surface area contributed by atoms with Gasteiger partial charge in [-0.3, -0.25) is 4.79 Å². The van der Waals surface area contributed by atoms with Crippen molar-refractivity contribution in [2.24, 2.45) is 0 Å². The summed E-state index contributed by atoms with van der Waals surface area (Å²) in [6.07, 6.45) is 0. The molecule has 1 amide bonds. The van der Waals surface area contributed by atoms with Gasteiger partial charge in [0.15, 0.2) is 0 Å². The summed E-state index contributed by atoms with van der Waals surface area (Å²) in [6.45, 7) is 3.13. The van der Waals surface area contributed by atoms with Gasteiger partial charge in [-0.2, -0.15) is 4.31 Å². The summed E-state index contributed by atoms with van der Waals surface area (Å²) in [6, 6.07) is 12.8. The molecule has 1 heterocycles. The van der Waals surface area contributed by atoms with Crippen LogP contribution in [-0.2, 0) is 15.8 Å². The van der Waals surface area contributed by atoms with Crippen LogP contribution in [0.4, 0.5) is 4.39 Å². The van der Waals surface area contributed by atoms with Crippen LogP contribution in [0.15, 0.2) is 48.5 Å². The monoisotopic (exact) mass is 376 g/mol. The molecular weight excluding hydrogens is 355 g/mol. The Morgan fingerprint density at radius 1 is 1.00 bits per heavy atom. The van der Waals surface area contributed by atoms with E-state index in [1.165, 1.54) is 28.6 Å². The molecule has 0 N–H and O–H groups in total. The molecule has 2 aromatic rings. The lowest BCUT2D eigenvalue weighted by Gasteiger charge is -2.34. The average Bonchev–Trinajstić information content (AvgIpc) is 2.63. The normalized spacial score (nSPS) is 15.8. The number of aryl methyl sites for hydroxylation is 1. The first-order valence-electron chi connectivity index (χ1n) is 8.44. The lowest BCUT2D eigenvalue weighted by atomic mass is 10.1. The zero-order chi connectivity index (χ0) is 18.7. The molecule has 0 unspecified atom stereocenters. The molecule has 3 rings (SSSR count). The molecule has 26 heavy (non-hydrogen) atoms. The van der Waals surface area contributed by atoms with Crippen molar-refractivity contribution in [2.75, 3.05) is 26.2 Å². The minimum absolute atomic E-state index is 0.0707. The summed E-state index contributed by atoms with van der Waals surface area (Å²) in [5, 5.41) is 0. The van der Waals surface area contributed by atoms with Gasteiger partial charge in [0, 0.05) is 31.7 Å². The van der Waals surface area contributed by atoms with Crippen molar-refractivity contribution in [3.63, 3.8) is 0 Å². The van der Waals surface area contributed by atoms with Gasteiger partial charge in [-0.1, -0.05) is 30.3 Å². The van der Waals surface area contributed by atoms with E-state index < -0.39 is 15.8 Å². The van der Waals surface area contributed by atoms with Crippen LogP contribution in [0, 0.1) is 12.7 Å². The third-order valence-electron chi connectivity index (χ3n) is 4.56. The van der Waals surface area contributed by atoms with E-state index in [2.05, 4.69) is 0 Å². The Labute approximate surface area is 153 Å². The zero-order valence-corrected chi connectivity index (χ0v) is 15.4. The predicted molar refractivity (Wildman–Crippen MR) is 97.7 cm³/mol. The lowest BCUT2D eigenvalue weighted by Crippen LogP contribution is -2.50. The van der Waals surface area contributed by atoms with Gasteiger partial charge in [-0.25, -0.2) is 12.8 Å². The van der Waals surface area contributed by atoms with Crippen LogP contribution in [0.5, 0.6) is 0 Å². The highest BCUT2D eigenvalue weighted by atomic mass is 32.2. The van der Waals surface area contributed by atoms with Gasteiger partial charge in [0.05, 0.1) is 5.75 Å². The van der Waals surface area contributed by atoms with Gasteiger partial charge in [-0.15, -0.1) is 0 Å². The number of nitrogens with zero attached hydrogens (tertiary/aromatic N) is 2. The molecule has 0 spiro atoms.